The van der Waals surface area contributed by atoms with Gasteiger partial charge in [0, 0.05) is 31.5 Å². The van der Waals surface area contributed by atoms with Crippen LogP contribution in [-0.4, -0.2) is 53.5 Å². The summed E-state index contributed by atoms with van der Waals surface area (Å²) in [6.45, 7) is 3.39. The first-order valence-electron chi connectivity index (χ1n) is 7.30. The lowest BCUT2D eigenvalue weighted by Gasteiger charge is -2.25. The molecule has 0 bridgehead atoms. The molecular weight excluding hydrogens is 256 g/mol. The maximum Gasteiger partial charge on any atom is 0.142 e. The van der Waals surface area contributed by atoms with Crippen LogP contribution >= 0.6 is 0 Å². The van der Waals surface area contributed by atoms with Crippen LogP contribution in [0.3, 0.4) is 0 Å². The summed E-state index contributed by atoms with van der Waals surface area (Å²) in [7, 11) is 0. The highest BCUT2D eigenvalue weighted by Gasteiger charge is 2.28. The number of hydrogen-bond donors (Lipinski definition) is 3. The fourth-order valence-corrected chi connectivity index (χ4v) is 2.74. The Hall–Kier alpha value is -1.08. The zero-order valence-electron chi connectivity index (χ0n) is 11.7. The van der Waals surface area contributed by atoms with E-state index in [1.807, 2.05) is 6.20 Å². The van der Waals surface area contributed by atoms with Gasteiger partial charge in [0.05, 0.1) is 19.8 Å². The van der Waals surface area contributed by atoms with Gasteiger partial charge in [0.2, 0.25) is 0 Å². The van der Waals surface area contributed by atoms with Gasteiger partial charge < -0.3 is 20.5 Å². The summed E-state index contributed by atoms with van der Waals surface area (Å²) in [6, 6.07) is 0. The minimum Gasteiger partial charge on any atom is -0.385 e. The zero-order valence-corrected chi connectivity index (χ0v) is 11.7. The third-order valence-corrected chi connectivity index (χ3v) is 3.85. The molecule has 0 unspecified atom stereocenters. The van der Waals surface area contributed by atoms with Gasteiger partial charge in [-0.15, -0.1) is 0 Å². The summed E-state index contributed by atoms with van der Waals surface area (Å²) in [5.74, 6) is 0.803. The van der Waals surface area contributed by atoms with E-state index >= 15 is 0 Å². The van der Waals surface area contributed by atoms with Crippen LogP contribution in [-0.2, 0) is 24.1 Å². The van der Waals surface area contributed by atoms with Crippen molar-refractivity contribution in [1.29, 1.82) is 0 Å². The average molecular weight is 278 g/mol. The van der Waals surface area contributed by atoms with Gasteiger partial charge in [-0.05, 0) is 24.8 Å². The summed E-state index contributed by atoms with van der Waals surface area (Å²) in [5.41, 5.74) is 1.62. The van der Waals surface area contributed by atoms with Crippen molar-refractivity contribution >= 4 is 0 Å². The van der Waals surface area contributed by atoms with Gasteiger partial charge in [0.25, 0.3) is 0 Å². The molecule has 3 rings (SSSR count). The number of β-amino-alcohol motifs (C(OH)–C–C–N with tert-alkyl or cyclic N) is 1. The largest absolute Gasteiger partial charge is 0.385 e. The zero-order chi connectivity index (χ0) is 13.8. The fraction of sp³-hybridized carbons (Fsp3) is 0.714. The topological polar surface area (TPSA) is 79.3 Å². The van der Waals surface area contributed by atoms with Crippen molar-refractivity contribution in [2.24, 2.45) is 0 Å². The van der Waals surface area contributed by atoms with Gasteiger partial charge in [-0.1, -0.05) is 0 Å². The van der Waals surface area contributed by atoms with Gasteiger partial charge in [-0.3, -0.25) is 0 Å². The Bertz CT molecular complexity index is 458. The van der Waals surface area contributed by atoms with Crippen molar-refractivity contribution in [1.82, 2.24) is 20.6 Å². The van der Waals surface area contributed by atoms with E-state index in [1.54, 1.807) is 0 Å². The third-order valence-electron chi connectivity index (χ3n) is 3.85. The highest BCUT2D eigenvalue weighted by molar-refractivity contribution is 5.22. The second-order valence-electron chi connectivity index (χ2n) is 5.67. The highest BCUT2D eigenvalue weighted by atomic mass is 16.5. The number of hydrogen-bond acceptors (Lipinski definition) is 6. The van der Waals surface area contributed by atoms with E-state index in [4.69, 9.17) is 4.74 Å². The minimum absolute atomic E-state index is 0.359. The first-order chi connectivity index (χ1) is 9.75. The van der Waals surface area contributed by atoms with Crippen molar-refractivity contribution in [3.63, 3.8) is 0 Å². The van der Waals surface area contributed by atoms with Crippen molar-refractivity contribution in [2.75, 3.05) is 32.8 Å². The predicted molar refractivity (Wildman–Crippen MR) is 74.4 cm³/mol. The van der Waals surface area contributed by atoms with Crippen molar-refractivity contribution in [2.45, 2.75) is 31.4 Å². The van der Waals surface area contributed by atoms with Crippen molar-refractivity contribution < 1.29 is 9.84 Å². The molecule has 0 spiro atoms. The fourth-order valence-electron chi connectivity index (χ4n) is 2.74. The Labute approximate surface area is 119 Å². The summed E-state index contributed by atoms with van der Waals surface area (Å²) in [6.07, 6.45) is 5.29. The Morgan fingerprint density at radius 1 is 1.45 bits per heavy atom. The summed E-state index contributed by atoms with van der Waals surface area (Å²) in [5, 5.41) is 16.8. The summed E-state index contributed by atoms with van der Waals surface area (Å²) >= 11 is 0. The smallest absolute Gasteiger partial charge is 0.142 e. The predicted octanol–water partition coefficient (Wildman–Crippen LogP) is -0.594. The first kappa shape index (κ1) is 13.9. The van der Waals surface area contributed by atoms with E-state index in [-0.39, 0.29) is 0 Å². The molecule has 6 nitrogen and oxygen atoms in total. The molecule has 1 atom stereocenters. The lowest BCUT2D eigenvalue weighted by atomic mass is 10.1. The number of aliphatic hydroxyl groups is 1. The van der Waals surface area contributed by atoms with E-state index < -0.39 is 5.60 Å². The normalized spacial score (nSPS) is 26.2. The van der Waals surface area contributed by atoms with Gasteiger partial charge in [-0.25, -0.2) is 9.97 Å². The number of aromatic nitrogens is 2. The molecular formula is C14H22N4O2. The van der Waals surface area contributed by atoms with Crippen LogP contribution in [0.1, 0.15) is 23.5 Å². The third kappa shape index (κ3) is 3.32. The van der Waals surface area contributed by atoms with Gasteiger partial charge in [-0.2, -0.15) is 0 Å². The van der Waals surface area contributed by atoms with Crippen molar-refractivity contribution in [3.8, 4) is 0 Å². The number of rotatable bonds is 4. The lowest BCUT2D eigenvalue weighted by Crippen LogP contribution is -2.50. The average Bonchev–Trinajstić information content (AvgIpc) is 2.80. The maximum absolute atomic E-state index is 10.4. The maximum atomic E-state index is 10.4. The summed E-state index contributed by atoms with van der Waals surface area (Å²) < 4.78 is 5.39. The monoisotopic (exact) mass is 278 g/mol. The van der Waals surface area contributed by atoms with E-state index in [2.05, 4.69) is 20.6 Å². The molecule has 0 amide bonds. The van der Waals surface area contributed by atoms with E-state index in [9.17, 15) is 5.11 Å². The van der Waals surface area contributed by atoms with E-state index in [1.165, 1.54) is 17.7 Å². The number of aryl methyl sites for hydroxylation is 2. The van der Waals surface area contributed by atoms with E-state index in [0.29, 0.717) is 32.8 Å². The summed E-state index contributed by atoms with van der Waals surface area (Å²) in [4.78, 5) is 8.95. The molecule has 1 aromatic rings. The molecule has 1 fully saturated rings. The molecule has 1 aliphatic carbocycles. The van der Waals surface area contributed by atoms with Crippen LogP contribution in [0.15, 0.2) is 6.20 Å². The SMILES string of the molecule is O[C@@]1(CNCc2ncc3c(n2)CCC3)CNCCOC1. The Morgan fingerprint density at radius 2 is 2.40 bits per heavy atom. The standard InChI is InChI=1S/C14H22N4O2/c19-14(8-15-4-5-20-10-14)9-16-7-13-17-6-11-2-1-3-12(11)18-13/h6,15-16,19H,1-5,7-10H2/t14-/m1/s1. The van der Waals surface area contributed by atoms with Gasteiger partial charge >= 0.3 is 0 Å². The minimum atomic E-state index is -0.854. The second kappa shape index (κ2) is 6.13. The van der Waals surface area contributed by atoms with Crippen LogP contribution < -0.4 is 10.6 Å². The molecule has 1 aromatic heterocycles. The van der Waals surface area contributed by atoms with Crippen molar-refractivity contribution in [3.05, 3.63) is 23.3 Å². The molecule has 0 saturated carbocycles. The molecule has 3 N–H and O–H groups in total. The second-order valence-corrected chi connectivity index (χ2v) is 5.67. The van der Waals surface area contributed by atoms with Gasteiger partial charge in [0.1, 0.15) is 11.4 Å². The molecule has 0 radical (unpaired) electrons. The first-order valence-corrected chi connectivity index (χ1v) is 7.30. The lowest BCUT2D eigenvalue weighted by molar-refractivity contribution is -0.0265. The van der Waals surface area contributed by atoms with Crippen LogP contribution in [0.5, 0.6) is 0 Å². The van der Waals surface area contributed by atoms with E-state index in [0.717, 1.165) is 25.2 Å². The number of ether oxygens (including phenoxy) is 1. The quantitative estimate of drug-likeness (QED) is 0.683. The number of fused-ring (bicyclic) bond motifs is 1. The van der Waals surface area contributed by atoms with Crippen LogP contribution in [0.4, 0.5) is 0 Å². The molecule has 1 aliphatic heterocycles. The molecule has 1 saturated heterocycles. The Morgan fingerprint density at radius 3 is 3.35 bits per heavy atom. The van der Waals surface area contributed by atoms with Gasteiger partial charge in [0.15, 0.2) is 0 Å². The number of nitrogens with zero attached hydrogens (tertiary/aromatic N) is 2. The van der Waals surface area contributed by atoms with Crippen LogP contribution in [0.25, 0.3) is 0 Å². The molecule has 20 heavy (non-hydrogen) atoms. The van der Waals surface area contributed by atoms with Crippen LogP contribution in [0.2, 0.25) is 0 Å². The molecule has 110 valence electrons. The van der Waals surface area contributed by atoms with Crippen LogP contribution in [0, 0.1) is 0 Å². The molecule has 2 aliphatic rings. The Balaban J connectivity index is 1.52. The molecule has 2 heterocycles. The number of nitrogens with one attached hydrogen (secondary N) is 2. The molecule has 0 aromatic carbocycles. The highest BCUT2D eigenvalue weighted by Crippen LogP contribution is 2.18. The Kier molecular flexibility index (Phi) is 4.26. The molecule has 6 heteroatoms.